The quantitative estimate of drug-likeness (QED) is 0.759. The molecule has 0 N–H and O–H groups in total. The van der Waals surface area contributed by atoms with Crippen molar-refractivity contribution in [2.45, 2.75) is 38.1 Å². The lowest BCUT2D eigenvalue weighted by Gasteiger charge is -2.33. The summed E-state index contributed by atoms with van der Waals surface area (Å²) in [5.41, 5.74) is 1.67. The zero-order chi connectivity index (χ0) is 12.3. The molecule has 0 aliphatic heterocycles. The van der Waals surface area contributed by atoms with Gasteiger partial charge in [-0.25, -0.2) is 0 Å². The van der Waals surface area contributed by atoms with Crippen molar-refractivity contribution in [2.75, 3.05) is 11.9 Å². The predicted octanol–water partition coefficient (Wildman–Crippen LogP) is 3.92. The molecule has 0 radical (unpaired) electrons. The molecule has 0 saturated heterocycles. The van der Waals surface area contributed by atoms with E-state index in [1.807, 2.05) is 12.1 Å². The lowest BCUT2D eigenvalue weighted by atomic mass is 9.94. The van der Waals surface area contributed by atoms with Gasteiger partial charge in [0.2, 0.25) is 0 Å². The third kappa shape index (κ3) is 2.81. The van der Waals surface area contributed by atoms with Gasteiger partial charge < -0.3 is 4.90 Å². The molecule has 0 unspecified atom stereocenters. The van der Waals surface area contributed by atoms with Crippen LogP contribution in [0.1, 0.15) is 42.5 Å². The van der Waals surface area contributed by atoms with E-state index in [2.05, 4.69) is 11.9 Å². The van der Waals surface area contributed by atoms with Gasteiger partial charge in [0.15, 0.2) is 6.29 Å². The molecule has 1 saturated carbocycles. The minimum atomic E-state index is 0.542. The summed E-state index contributed by atoms with van der Waals surface area (Å²) in [6.07, 6.45) is 7.29. The number of halogens is 1. The first kappa shape index (κ1) is 12.4. The largest absolute Gasteiger partial charge is 0.372 e. The van der Waals surface area contributed by atoms with Crippen molar-refractivity contribution in [3.63, 3.8) is 0 Å². The van der Waals surface area contributed by atoms with E-state index in [1.54, 1.807) is 6.07 Å². The average Bonchev–Trinajstić information content (AvgIpc) is 2.39. The molecule has 2 rings (SSSR count). The van der Waals surface area contributed by atoms with Gasteiger partial charge in [-0.05, 0) is 31.0 Å². The average molecular weight is 252 g/mol. The number of hydrogen-bond acceptors (Lipinski definition) is 2. The highest BCUT2D eigenvalue weighted by Crippen LogP contribution is 2.28. The summed E-state index contributed by atoms with van der Waals surface area (Å²) < 4.78 is 0. The molecule has 1 fully saturated rings. The van der Waals surface area contributed by atoms with Crippen LogP contribution in [-0.2, 0) is 0 Å². The molecule has 0 amide bonds. The second-order valence-corrected chi connectivity index (χ2v) is 5.13. The third-order valence-electron chi connectivity index (χ3n) is 3.64. The molecule has 0 heterocycles. The molecular formula is C14H18ClNO. The van der Waals surface area contributed by atoms with Gasteiger partial charge in [0.05, 0.1) is 5.02 Å². The molecule has 0 bridgehead atoms. The van der Waals surface area contributed by atoms with Crippen molar-refractivity contribution >= 4 is 23.6 Å². The first-order valence-electron chi connectivity index (χ1n) is 6.20. The highest BCUT2D eigenvalue weighted by atomic mass is 35.5. The van der Waals surface area contributed by atoms with Crippen molar-refractivity contribution in [3.8, 4) is 0 Å². The Labute approximate surface area is 108 Å². The summed E-state index contributed by atoms with van der Waals surface area (Å²) >= 11 is 6.05. The molecule has 17 heavy (non-hydrogen) atoms. The molecule has 3 heteroatoms. The van der Waals surface area contributed by atoms with Crippen molar-refractivity contribution in [2.24, 2.45) is 0 Å². The number of hydrogen-bond donors (Lipinski definition) is 0. The molecular weight excluding hydrogens is 234 g/mol. The first-order chi connectivity index (χ1) is 8.22. The van der Waals surface area contributed by atoms with Crippen LogP contribution in [0.3, 0.4) is 0 Å². The highest BCUT2D eigenvalue weighted by Gasteiger charge is 2.18. The fraction of sp³-hybridized carbons (Fsp3) is 0.500. The van der Waals surface area contributed by atoms with Crippen LogP contribution in [0.2, 0.25) is 5.02 Å². The standard InChI is InChI=1S/C14H18ClNO/c1-16(12-5-3-2-4-6-12)13-8-7-11(10-17)14(15)9-13/h7-10,12H,2-6H2,1H3. The third-order valence-corrected chi connectivity index (χ3v) is 3.97. The zero-order valence-electron chi connectivity index (χ0n) is 10.2. The smallest absolute Gasteiger partial charge is 0.151 e. The summed E-state index contributed by atoms with van der Waals surface area (Å²) in [4.78, 5) is 13.0. The van der Waals surface area contributed by atoms with Gasteiger partial charge >= 0.3 is 0 Å². The Balaban J connectivity index is 2.15. The second kappa shape index (κ2) is 5.54. The molecule has 0 spiro atoms. The highest BCUT2D eigenvalue weighted by molar-refractivity contribution is 6.33. The maximum absolute atomic E-state index is 10.7. The van der Waals surface area contributed by atoms with E-state index >= 15 is 0 Å². The van der Waals surface area contributed by atoms with Crippen molar-refractivity contribution < 1.29 is 4.79 Å². The van der Waals surface area contributed by atoms with E-state index in [-0.39, 0.29) is 0 Å². The van der Waals surface area contributed by atoms with Crippen LogP contribution in [0.5, 0.6) is 0 Å². The van der Waals surface area contributed by atoms with Gasteiger partial charge in [-0.1, -0.05) is 30.9 Å². The van der Waals surface area contributed by atoms with Crippen LogP contribution in [0.15, 0.2) is 18.2 Å². The number of nitrogens with zero attached hydrogens (tertiary/aromatic N) is 1. The number of carbonyl (C=O) groups excluding carboxylic acids is 1. The molecule has 92 valence electrons. The molecule has 0 atom stereocenters. The van der Waals surface area contributed by atoms with Crippen molar-refractivity contribution in [1.29, 1.82) is 0 Å². The Bertz CT molecular complexity index is 399. The Hall–Kier alpha value is -1.02. The van der Waals surface area contributed by atoms with E-state index in [0.29, 0.717) is 16.6 Å². The van der Waals surface area contributed by atoms with Gasteiger partial charge in [-0.2, -0.15) is 0 Å². The van der Waals surface area contributed by atoms with Crippen LogP contribution in [-0.4, -0.2) is 19.4 Å². The summed E-state index contributed by atoms with van der Waals surface area (Å²) in [5, 5.41) is 0.542. The summed E-state index contributed by atoms with van der Waals surface area (Å²) in [6, 6.07) is 6.27. The van der Waals surface area contributed by atoms with E-state index < -0.39 is 0 Å². The first-order valence-corrected chi connectivity index (χ1v) is 6.57. The van der Waals surface area contributed by atoms with E-state index in [4.69, 9.17) is 11.6 Å². The van der Waals surface area contributed by atoms with Crippen LogP contribution in [0, 0.1) is 0 Å². The van der Waals surface area contributed by atoms with Gasteiger partial charge in [0.1, 0.15) is 0 Å². The van der Waals surface area contributed by atoms with Crippen LogP contribution < -0.4 is 4.90 Å². The lowest BCUT2D eigenvalue weighted by molar-refractivity contribution is 0.112. The number of anilines is 1. The van der Waals surface area contributed by atoms with Gasteiger partial charge in [0.25, 0.3) is 0 Å². The normalized spacial score (nSPS) is 16.8. The fourth-order valence-corrected chi connectivity index (χ4v) is 2.73. The van der Waals surface area contributed by atoms with Crippen molar-refractivity contribution in [3.05, 3.63) is 28.8 Å². The summed E-state index contributed by atoms with van der Waals surface area (Å²) in [7, 11) is 2.11. The monoisotopic (exact) mass is 251 g/mol. The Morgan fingerprint density at radius 3 is 2.59 bits per heavy atom. The number of rotatable bonds is 3. The molecule has 1 aliphatic rings. The Morgan fingerprint density at radius 2 is 2.00 bits per heavy atom. The minimum Gasteiger partial charge on any atom is -0.372 e. The van der Waals surface area contributed by atoms with Crippen molar-refractivity contribution in [1.82, 2.24) is 0 Å². The maximum atomic E-state index is 10.7. The SMILES string of the molecule is CN(c1ccc(C=O)c(Cl)c1)C1CCCCC1. The number of carbonyl (C=O) groups is 1. The van der Waals surface area contributed by atoms with E-state index in [0.717, 1.165) is 12.0 Å². The molecule has 1 aliphatic carbocycles. The summed E-state index contributed by atoms with van der Waals surface area (Å²) in [5.74, 6) is 0. The molecule has 1 aromatic carbocycles. The van der Waals surface area contributed by atoms with Crippen LogP contribution >= 0.6 is 11.6 Å². The van der Waals surface area contributed by atoms with E-state index in [9.17, 15) is 4.79 Å². The van der Waals surface area contributed by atoms with Gasteiger partial charge in [-0.3, -0.25) is 4.79 Å². The Kier molecular flexibility index (Phi) is 4.06. The van der Waals surface area contributed by atoms with E-state index in [1.165, 1.54) is 32.1 Å². The lowest BCUT2D eigenvalue weighted by Crippen LogP contribution is -2.33. The topological polar surface area (TPSA) is 20.3 Å². The fourth-order valence-electron chi connectivity index (χ4n) is 2.51. The number of benzene rings is 1. The maximum Gasteiger partial charge on any atom is 0.151 e. The predicted molar refractivity (Wildman–Crippen MR) is 72.1 cm³/mol. The minimum absolute atomic E-state index is 0.542. The zero-order valence-corrected chi connectivity index (χ0v) is 10.9. The van der Waals surface area contributed by atoms with Crippen LogP contribution in [0.4, 0.5) is 5.69 Å². The Morgan fingerprint density at radius 1 is 1.29 bits per heavy atom. The van der Waals surface area contributed by atoms with Gasteiger partial charge in [-0.15, -0.1) is 0 Å². The second-order valence-electron chi connectivity index (χ2n) is 4.73. The number of aldehydes is 1. The molecule has 1 aromatic rings. The van der Waals surface area contributed by atoms with Gasteiger partial charge in [0, 0.05) is 24.3 Å². The molecule has 2 nitrogen and oxygen atoms in total. The van der Waals surface area contributed by atoms with Crippen LogP contribution in [0.25, 0.3) is 0 Å². The molecule has 0 aromatic heterocycles. The summed E-state index contributed by atoms with van der Waals surface area (Å²) in [6.45, 7) is 0.